The van der Waals surface area contributed by atoms with Gasteiger partial charge in [0, 0.05) is 32.3 Å². The molecule has 0 bridgehead atoms. The van der Waals surface area contributed by atoms with Crippen LogP contribution < -0.4 is 15.4 Å². The molecule has 140 valence electrons. The Kier molecular flexibility index (Phi) is 7.03. The first-order valence-electron chi connectivity index (χ1n) is 8.27. The Labute approximate surface area is 148 Å². The second-order valence-corrected chi connectivity index (χ2v) is 7.77. The summed E-state index contributed by atoms with van der Waals surface area (Å²) in [6, 6.07) is 5.97. The summed E-state index contributed by atoms with van der Waals surface area (Å²) in [6.45, 7) is 1.15. The van der Waals surface area contributed by atoms with Crippen molar-refractivity contribution in [2.24, 2.45) is 0 Å². The van der Waals surface area contributed by atoms with Gasteiger partial charge in [-0.05, 0) is 43.5 Å². The minimum Gasteiger partial charge on any atom is -0.497 e. The highest BCUT2D eigenvalue weighted by molar-refractivity contribution is 7.89. The largest absolute Gasteiger partial charge is 0.497 e. The summed E-state index contributed by atoms with van der Waals surface area (Å²) in [6.07, 6.45) is 1.62. The molecular weight excluding hydrogens is 346 g/mol. The molecule has 0 aliphatic carbocycles. The van der Waals surface area contributed by atoms with Crippen molar-refractivity contribution in [2.45, 2.75) is 30.2 Å². The molecular formula is C16H25N3O5S. The van der Waals surface area contributed by atoms with Gasteiger partial charge < -0.3 is 20.5 Å². The molecule has 0 aromatic heterocycles. The fourth-order valence-electron chi connectivity index (χ4n) is 2.65. The highest BCUT2D eigenvalue weighted by atomic mass is 32.2. The third kappa shape index (κ3) is 5.32. The number of urea groups is 1. The Hall–Kier alpha value is -1.84. The number of piperidine rings is 1. The van der Waals surface area contributed by atoms with Crippen LogP contribution in [0.15, 0.2) is 29.2 Å². The SMILES string of the molecule is COc1ccc(S(=O)(=O)N2CCC(NC(=O)NCCCO)CC2)cc1. The number of sulfonamides is 1. The van der Waals surface area contributed by atoms with Crippen LogP contribution in [0.5, 0.6) is 5.75 Å². The van der Waals surface area contributed by atoms with Gasteiger partial charge in [-0.25, -0.2) is 13.2 Å². The fraction of sp³-hybridized carbons (Fsp3) is 0.562. The van der Waals surface area contributed by atoms with Gasteiger partial charge in [0.05, 0.1) is 12.0 Å². The molecule has 2 rings (SSSR count). The molecule has 1 heterocycles. The summed E-state index contributed by atoms with van der Waals surface area (Å²) < 4.78 is 31.8. The van der Waals surface area contributed by atoms with E-state index >= 15 is 0 Å². The molecule has 0 saturated carbocycles. The van der Waals surface area contributed by atoms with Crippen LogP contribution in [-0.4, -0.2) is 63.3 Å². The highest BCUT2D eigenvalue weighted by Crippen LogP contribution is 2.22. The van der Waals surface area contributed by atoms with E-state index in [4.69, 9.17) is 9.84 Å². The van der Waals surface area contributed by atoms with Crippen molar-refractivity contribution in [3.63, 3.8) is 0 Å². The van der Waals surface area contributed by atoms with E-state index in [1.165, 1.54) is 23.5 Å². The molecule has 1 aliphatic heterocycles. The van der Waals surface area contributed by atoms with Crippen LogP contribution in [0, 0.1) is 0 Å². The van der Waals surface area contributed by atoms with Crippen LogP contribution in [-0.2, 0) is 10.0 Å². The third-order valence-corrected chi connectivity index (χ3v) is 6.02. The van der Waals surface area contributed by atoms with Crippen molar-refractivity contribution in [3.05, 3.63) is 24.3 Å². The first-order valence-corrected chi connectivity index (χ1v) is 9.71. The van der Waals surface area contributed by atoms with Gasteiger partial charge >= 0.3 is 6.03 Å². The fourth-order valence-corrected chi connectivity index (χ4v) is 4.12. The smallest absolute Gasteiger partial charge is 0.315 e. The van der Waals surface area contributed by atoms with E-state index in [-0.39, 0.29) is 23.6 Å². The van der Waals surface area contributed by atoms with Crippen LogP contribution in [0.3, 0.4) is 0 Å². The van der Waals surface area contributed by atoms with Gasteiger partial charge in [0.25, 0.3) is 0 Å². The molecule has 0 radical (unpaired) electrons. The third-order valence-electron chi connectivity index (χ3n) is 4.11. The molecule has 1 aromatic carbocycles. The molecule has 2 amide bonds. The van der Waals surface area contributed by atoms with Gasteiger partial charge in [0.15, 0.2) is 0 Å². The first-order chi connectivity index (χ1) is 12.0. The van der Waals surface area contributed by atoms with E-state index < -0.39 is 10.0 Å². The van der Waals surface area contributed by atoms with Crippen molar-refractivity contribution in [1.82, 2.24) is 14.9 Å². The number of carbonyl (C=O) groups excluding carboxylic acids is 1. The van der Waals surface area contributed by atoms with Gasteiger partial charge in [0.2, 0.25) is 10.0 Å². The van der Waals surface area contributed by atoms with Crippen molar-refractivity contribution in [1.29, 1.82) is 0 Å². The summed E-state index contributed by atoms with van der Waals surface area (Å²) in [5, 5.41) is 14.2. The van der Waals surface area contributed by atoms with Crippen LogP contribution in [0.4, 0.5) is 4.79 Å². The molecule has 0 spiro atoms. The Morgan fingerprint density at radius 1 is 1.28 bits per heavy atom. The van der Waals surface area contributed by atoms with E-state index in [2.05, 4.69) is 10.6 Å². The number of nitrogens with zero attached hydrogens (tertiary/aromatic N) is 1. The minimum atomic E-state index is -3.53. The zero-order valence-corrected chi connectivity index (χ0v) is 15.1. The average molecular weight is 371 g/mol. The Bertz CT molecular complexity index is 655. The number of hydrogen-bond donors (Lipinski definition) is 3. The van der Waals surface area contributed by atoms with Crippen LogP contribution in [0.25, 0.3) is 0 Å². The second-order valence-electron chi connectivity index (χ2n) is 5.83. The van der Waals surface area contributed by atoms with Gasteiger partial charge in [0.1, 0.15) is 5.75 Å². The standard InChI is InChI=1S/C16H25N3O5S/c1-24-14-3-5-15(6-4-14)25(22,23)19-10-7-13(8-11-19)18-16(21)17-9-2-12-20/h3-6,13,20H,2,7-12H2,1H3,(H2,17,18,21). The molecule has 1 aromatic rings. The van der Waals surface area contributed by atoms with Crippen LogP contribution in [0.2, 0.25) is 0 Å². The summed E-state index contributed by atoms with van der Waals surface area (Å²) in [5.41, 5.74) is 0. The maximum atomic E-state index is 12.7. The maximum Gasteiger partial charge on any atom is 0.315 e. The van der Waals surface area contributed by atoms with E-state index in [0.717, 1.165) is 0 Å². The number of amides is 2. The van der Waals surface area contributed by atoms with Crippen molar-refractivity contribution >= 4 is 16.1 Å². The number of aliphatic hydroxyl groups is 1. The van der Waals surface area contributed by atoms with Crippen molar-refractivity contribution in [3.8, 4) is 5.75 Å². The summed E-state index contributed by atoms with van der Waals surface area (Å²) in [5.74, 6) is 0.606. The Balaban J connectivity index is 1.87. The highest BCUT2D eigenvalue weighted by Gasteiger charge is 2.29. The monoisotopic (exact) mass is 371 g/mol. The molecule has 25 heavy (non-hydrogen) atoms. The lowest BCUT2D eigenvalue weighted by Crippen LogP contribution is -2.49. The molecule has 0 unspecified atom stereocenters. The van der Waals surface area contributed by atoms with Crippen molar-refractivity contribution in [2.75, 3.05) is 33.4 Å². The number of nitrogens with one attached hydrogen (secondary N) is 2. The number of benzene rings is 1. The number of rotatable bonds is 7. The van der Waals surface area contributed by atoms with Gasteiger partial charge in [-0.2, -0.15) is 4.31 Å². The van der Waals surface area contributed by atoms with Crippen molar-refractivity contribution < 1.29 is 23.1 Å². The zero-order valence-electron chi connectivity index (χ0n) is 14.3. The first kappa shape index (κ1) is 19.5. The normalized spacial score (nSPS) is 16.4. The Morgan fingerprint density at radius 3 is 2.48 bits per heavy atom. The molecule has 8 nitrogen and oxygen atoms in total. The van der Waals surface area contributed by atoms with Gasteiger partial charge in [-0.3, -0.25) is 0 Å². The van der Waals surface area contributed by atoms with Gasteiger partial charge in [-0.15, -0.1) is 0 Å². The number of methoxy groups -OCH3 is 1. The van der Waals surface area contributed by atoms with E-state index in [9.17, 15) is 13.2 Å². The Morgan fingerprint density at radius 2 is 1.92 bits per heavy atom. The number of carbonyl (C=O) groups is 1. The topological polar surface area (TPSA) is 108 Å². The molecule has 1 aliphatic rings. The molecule has 1 saturated heterocycles. The lowest BCUT2D eigenvalue weighted by atomic mass is 10.1. The maximum absolute atomic E-state index is 12.7. The minimum absolute atomic E-state index is 0.0297. The summed E-state index contributed by atoms with van der Waals surface area (Å²) in [7, 11) is -2.01. The average Bonchev–Trinajstić information content (AvgIpc) is 2.62. The lowest BCUT2D eigenvalue weighted by Gasteiger charge is -2.31. The van der Waals surface area contributed by atoms with E-state index in [0.29, 0.717) is 44.6 Å². The number of ether oxygens (including phenoxy) is 1. The molecule has 1 fully saturated rings. The molecule has 0 atom stereocenters. The predicted molar refractivity (Wildman–Crippen MR) is 93.0 cm³/mol. The van der Waals surface area contributed by atoms with Gasteiger partial charge in [-0.1, -0.05) is 0 Å². The number of hydrogen-bond acceptors (Lipinski definition) is 5. The predicted octanol–water partition coefficient (Wildman–Crippen LogP) is 0.530. The number of aliphatic hydroxyl groups excluding tert-OH is 1. The lowest BCUT2D eigenvalue weighted by molar-refractivity contribution is 0.225. The molecule has 9 heteroatoms. The summed E-state index contributed by atoms with van der Waals surface area (Å²) >= 11 is 0. The zero-order chi connectivity index (χ0) is 18.3. The van der Waals surface area contributed by atoms with E-state index in [1.54, 1.807) is 12.1 Å². The van der Waals surface area contributed by atoms with Crippen LogP contribution >= 0.6 is 0 Å². The quantitative estimate of drug-likeness (QED) is 0.606. The summed E-state index contributed by atoms with van der Waals surface area (Å²) in [4.78, 5) is 11.9. The molecule has 3 N–H and O–H groups in total. The van der Waals surface area contributed by atoms with Crippen LogP contribution in [0.1, 0.15) is 19.3 Å². The van der Waals surface area contributed by atoms with E-state index in [1.807, 2.05) is 0 Å². The second kappa shape index (κ2) is 9.02.